The van der Waals surface area contributed by atoms with E-state index in [2.05, 4.69) is 26.3 Å². The first kappa shape index (κ1) is 36.9. The summed E-state index contributed by atoms with van der Waals surface area (Å²) in [6.07, 6.45) is 6.56. The van der Waals surface area contributed by atoms with Crippen LogP contribution in [-0.2, 0) is 23.7 Å². The molecule has 3 aromatic rings. The van der Waals surface area contributed by atoms with E-state index in [0.717, 1.165) is 22.8 Å². The summed E-state index contributed by atoms with van der Waals surface area (Å²) in [4.78, 5) is 50.2. The molecule has 48 heavy (non-hydrogen) atoms. The quantitative estimate of drug-likeness (QED) is 0.0453. The summed E-state index contributed by atoms with van der Waals surface area (Å²) in [5.41, 5.74) is 3.79. The molecule has 3 rings (SSSR count). The standard InChI is InChI=1S/C39H42NO8/c1-5-30-10-16-33(17-11-30)37(42)46-27-23-40(22-9-26-45-36(41)8-4,24-28-47-38(43)34-18-12-31(6-2)13-19-34)25-29-48-39(44)35-20-14-32(7-3)15-21-35/h5-8,10-21H,1-4,9,22-29H2/q+1. The molecule has 0 aliphatic carbocycles. The Kier molecular flexibility index (Phi) is 14.8. The molecule has 0 N–H and O–H groups in total. The first-order valence-electron chi connectivity index (χ1n) is 15.6. The highest BCUT2D eigenvalue weighted by Crippen LogP contribution is 2.14. The number of carbonyl (C=O) groups is 4. The molecule has 0 unspecified atom stereocenters. The van der Waals surface area contributed by atoms with Gasteiger partial charge in [-0.05, 0) is 53.1 Å². The van der Waals surface area contributed by atoms with Crippen molar-refractivity contribution in [3.63, 3.8) is 0 Å². The summed E-state index contributed by atoms with van der Waals surface area (Å²) in [6, 6.07) is 20.6. The van der Waals surface area contributed by atoms with E-state index in [1.165, 1.54) is 0 Å². The van der Waals surface area contributed by atoms with E-state index >= 15 is 0 Å². The fourth-order valence-electron chi connectivity index (χ4n) is 4.81. The Labute approximate surface area is 282 Å². The highest BCUT2D eigenvalue weighted by molar-refractivity contribution is 5.90. The van der Waals surface area contributed by atoms with Crippen LogP contribution in [0.1, 0.15) is 54.2 Å². The van der Waals surface area contributed by atoms with Crippen molar-refractivity contribution in [2.24, 2.45) is 0 Å². The van der Waals surface area contributed by atoms with Gasteiger partial charge in [0.25, 0.3) is 0 Å². The molecule has 0 heterocycles. The maximum absolute atomic E-state index is 12.8. The number of quaternary nitrogens is 1. The van der Waals surface area contributed by atoms with Gasteiger partial charge < -0.3 is 23.4 Å². The van der Waals surface area contributed by atoms with Gasteiger partial charge in [-0.2, -0.15) is 0 Å². The minimum atomic E-state index is -0.544. The Hall–Kier alpha value is -5.54. The molecule has 250 valence electrons. The van der Waals surface area contributed by atoms with Gasteiger partial charge in [0.15, 0.2) is 0 Å². The highest BCUT2D eigenvalue weighted by atomic mass is 16.5. The lowest BCUT2D eigenvalue weighted by Gasteiger charge is -2.38. The van der Waals surface area contributed by atoms with Crippen LogP contribution in [-0.4, -0.2) is 81.0 Å². The van der Waals surface area contributed by atoms with Crippen LogP contribution in [0.5, 0.6) is 0 Å². The Morgan fingerprint density at radius 1 is 0.479 bits per heavy atom. The molecule has 0 fully saturated rings. The van der Waals surface area contributed by atoms with Crippen LogP contribution in [0.25, 0.3) is 18.2 Å². The van der Waals surface area contributed by atoms with Gasteiger partial charge in [-0.3, -0.25) is 0 Å². The lowest BCUT2D eigenvalue weighted by atomic mass is 10.1. The van der Waals surface area contributed by atoms with Gasteiger partial charge in [-0.15, -0.1) is 0 Å². The van der Waals surface area contributed by atoms with Crippen molar-refractivity contribution in [3.05, 3.63) is 139 Å². The van der Waals surface area contributed by atoms with E-state index in [-0.39, 0.29) is 30.9 Å². The minimum Gasteiger partial charge on any atom is -0.462 e. The van der Waals surface area contributed by atoms with E-state index in [4.69, 9.17) is 18.9 Å². The molecular formula is C39H42NO8+. The van der Waals surface area contributed by atoms with Gasteiger partial charge in [-0.1, -0.05) is 80.9 Å². The molecule has 0 aromatic heterocycles. The number of rotatable bonds is 20. The molecule has 9 heteroatoms. The maximum Gasteiger partial charge on any atom is 0.338 e. The maximum atomic E-state index is 12.8. The lowest BCUT2D eigenvalue weighted by molar-refractivity contribution is -0.928. The zero-order valence-electron chi connectivity index (χ0n) is 27.1. The Balaban J connectivity index is 1.76. The van der Waals surface area contributed by atoms with Gasteiger partial charge >= 0.3 is 23.9 Å². The van der Waals surface area contributed by atoms with Gasteiger partial charge in [0.05, 0.1) is 29.8 Å². The van der Waals surface area contributed by atoms with Crippen molar-refractivity contribution in [3.8, 4) is 0 Å². The monoisotopic (exact) mass is 652 g/mol. The van der Waals surface area contributed by atoms with Gasteiger partial charge in [0, 0.05) is 12.5 Å². The average Bonchev–Trinajstić information content (AvgIpc) is 3.13. The summed E-state index contributed by atoms with van der Waals surface area (Å²) in [6.45, 7) is 16.2. The predicted octanol–water partition coefficient (Wildman–Crippen LogP) is 6.42. The van der Waals surface area contributed by atoms with Crippen LogP contribution in [0, 0.1) is 0 Å². The average molecular weight is 653 g/mol. The Bertz CT molecular complexity index is 1410. The van der Waals surface area contributed by atoms with Crippen molar-refractivity contribution < 1.29 is 42.6 Å². The Morgan fingerprint density at radius 2 is 0.812 bits per heavy atom. The number of hydrogen-bond acceptors (Lipinski definition) is 8. The van der Waals surface area contributed by atoms with Crippen LogP contribution in [0.4, 0.5) is 0 Å². The predicted molar refractivity (Wildman–Crippen MR) is 186 cm³/mol. The topological polar surface area (TPSA) is 105 Å². The lowest BCUT2D eigenvalue weighted by Crippen LogP contribution is -2.55. The summed E-state index contributed by atoms with van der Waals surface area (Å²) >= 11 is 0. The van der Waals surface area contributed by atoms with Crippen LogP contribution >= 0.6 is 0 Å². The van der Waals surface area contributed by atoms with Crippen molar-refractivity contribution in [1.29, 1.82) is 0 Å². The van der Waals surface area contributed by atoms with Crippen molar-refractivity contribution >= 4 is 42.1 Å². The Morgan fingerprint density at radius 3 is 1.10 bits per heavy atom. The van der Waals surface area contributed by atoms with E-state index in [1.54, 1.807) is 91.0 Å². The molecule has 0 saturated heterocycles. The van der Waals surface area contributed by atoms with E-state index in [1.807, 2.05) is 0 Å². The highest BCUT2D eigenvalue weighted by Gasteiger charge is 2.29. The second-order valence-electron chi connectivity index (χ2n) is 10.8. The zero-order valence-corrected chi connectivity index (χ0v) is 27.1. The van der Waals surface area contributed by atoms with Crippen LogP contribution < -0.4 is 0 Å². The molecule has 0 aliphatic rings. The summed E-state index contributed by atoms with van der Waals surface area (Å²) in [5.74, 6) is -2.02. The van der Waals surface area contributed by atoms with Crippen LogP contribution in [0.3, 0.4) is 0 Å². The fourth-order valence-corrected chi connectivity index (χ4v) is 4.81. The normalized spacial score (nSPS) is 10.7. The van der Waals surface area contributed by atoms with Crippen LogP contribution in [0.2, 0.25) is 0 Å². The van der Waals surface area contributed by atoms with E-state index in [0.29, 0.717) is 49.3 Å². The summed E-state index contributed by atoms with van der Waals surface area (Å²) < 4.78 is 22.4. The third kappa shape index (κ3) is 11.7. The first-order chi connectivity index (χ1) is 23.2. The van der Waals surface area contributed by atoms with Gasteiger partial charge in [0.1, 0.15) is 39.5 Å². The third-order valence-electron chi connectivity index (χ3n) is 7.73. The SMILES string of the molecule is C=CC(=O)OCCC[N+](CCOC(=O)c1ccc(C=C)cc1)(CCOC(=O)c1ccc(C=C)cc1)CCOC(=O)c1ccc(C=C)cc1. The smallest absolute Gasteiger partial charge is 0.338 e. The van der Waals surface area contributed by atoms with Crippen molar-refractivity contribution in [1.82, 2.24) is 0 Å². The molecule has 0 bridgehead atoms. The molecule has 0 radical (unpaired) electrons. The second kappa shape index (κ2) is 19.2. The summed E-state index contributed by atoms with van der Waals surface area (Å²) in [5, 5.41) is 0. The fraction of sp³-hybridized carbons (Fsp3) is 0.231. The minimum absolute atomic E-state index is 0.0302. The zero-order chi connectivity index (χ0) is 34.8. The molecule has 9 nitrogen and oxygen atoms in total. The van der Waals surface area contributed by atoms with E-state index in [9.17, 15) is 19.2 Å². The number of esters is 4. The first-order valence-corrected chi connectivity index (χ1v) is 15.6. The van der Waals surface area contributed by atoms with Crippen molar-refractivity contribution in [2.75, 3.05) is 52.6 Å². The molecule has 0 atom stereocenters. The molecule has 0 amide bonds. The van der Waals surface area contributed by atoms with Gasteiger partial charge in [-0.25, -0.2) is 19.2 Å². The number of nitrogens with zero attached hydrogens (tertiary/aromatic N) is 1. The number of benzene rings is 3. The molecule has 0 saturated carbocycles. The summed E-state index contributed by atoms with van der Waals surface area (Å²) in [7, 11) is 0. The molecule has 0 aliphatic heterocycles. The largest absolute Gasteiger partial charge is 0.462 e. The third-order valence-corrected chi connectivity index (χ3v) is 7.73. The molecule has 3 aromatic carbocycles. The van der Waals surface area contributed by atoms with Crippen molar-refractivity contribution in [2.45, 2.75) is 6.42 Å². The number of hydrogen-bond donors (Lipinski definition) is 0. The number of carbonyl (C=O) groups excluding carboxylic acids is 4. The number of ether oxygens (including phenoxy) is 4. The van der Waals surface area contributed by atoms with Crippen LogP contribution in [0.15, 0.2) is 105 Å². The molecular weight excluding hydrogens is 610 g/mol. The second-order valence-corrected chi connectivity index (χ2v) is 10.8. The van der Waals surface area contributed by atoms with Gasteiger partial charge in [0.2, 0.25) is 0 Å². The molecule has 0 spiro atoms. The van der Waals surface area contributed by atoms with E-state index < -0.39 is 23.9 Å².